The summed E-state index contributed by atoms with van der Waals surface area (Å²) in [5.74, 6) is 3.10. The van der Waals surface area contributed by atoms with Gasteiger partial charge >= 0.3 is 0 Å². The van der Waals surface area contributed by atoms with Gasteiger partial charge in [0.2, 0.25) is 0 Å². The van der Waals surface area contributed by atoms with Gasteiger partial charge in [-0.25, -0.2) is 0 Å². The smallest absolute Gasteiger partial charge is 0.0367 e. The molecule has 0 radical (unpaired) electrons. The van der Waals surface area contributed by atoms with E-state index >= 15 is 0 Å². The number of benzene rings is 1. The van der Waals surface area contributed by atoms with Gasteiger partial charge in [0, 0.05) is 24.0 Å². The number of nitrogens with one attached hydrogen (secondary N) is 1. The molecule has 1 aromatic carbocycles. The highest BCUT2D eigenvalue weighted by Crippen LogP contribution is 2.42. The van der Waals surface area contributed by atoms with Crippen molar-refractivity contribution in [3.63, 3.8) is 0 Å². The summed E-state index contributed by atoms with van der Waals surface area (Å²) in [5.41, 5.74) is 1.58. The van der Waals surface area contributed by atoms with E-state index in [1.165, 1.54) is 43.2 Å². The summed E-state index contributed by atoms with van der Waals surface area (Å²) in [5, 5.41) is 3.54. The first kappa shape index (κ1) is 11.3. The first-order chi connectivity index (χ1) is 8.92. The maximum absolute atomic E-state index is 3.54. The molecule has 2 fully saturated rings. The molecule has 0 aromatic heterocycles. The summed E-state index contributed by atoms with van der Waals surface area (Å²) in [7, 11) is 0. The summed E-state index contributed by atoms with van der Waals surface area (Å²) in [4.78, 5) is 4.28. The fourth-order valence-electron chi connectivity index (χ4n) is 3.85. The molecule has 3 aliphatic rings. The lowest BCUT2D eigenvalue weighted by Crippen LogP contribution is -2.31. The molecule has 0 saturated carbocycles. The molecule has 1 aromatic rings. The van der Waals surface area contributed by atoms with Crippen molar-refractivity contribution in [2.45, 2.75) is 17.4 Å². The zero-order valence-corrected chi connectivity index (χ0v) is 11.5. The van der Waals surface area contributed by atoms with Crippen molar-refractivity contribution < 1.29 is 0 Å². The fraction of sp³-hybridized carbons (Fsp3) is 0.600. The van der Waals surface area contributed by atoms with Gasteiger partial charge in [0.1, 0.15) is 0 Å². The molecule has 3 aliphatic heterocycles. The normalized spacial score (nSPS) is 35.4. The molecule has 18 heavy (non-hydrogen) atoms. The number of thioether (sulfide) groups is 1. The Kier molecular flexibility index (Phi) is 2.86. The summed E-state index contributed by atoms with van der Waals surface area (Å²) in [6.45, 7) is 5.09. The van der Waals surface area contributed by atoms with E-state index in [0.29, 0.717) is 6.04 Å². The topological polar surface area (TPSA) is 15.3 Å². The number of fused-ring (bicyclic) bond motifs is 2. The van der Waals surface area contributed by atoms with Crippen LogP contribution in [0, 0.1) is 11.8 Å². The van der Waals surface area contributed by atoms with Gasteiger partial charge in [0.05, 0.1) is 0 Å². The zero-order valence-electron chi connectivity index (χ0n) is 10.6. The second-order valence-corrected chi connectivity index (χ2v) is 6.96. The minimum atomic E-state index is 0.688. The van der Waals surface area contributed by atoms with Crippen LogP contribution in [0.15, 0.2) is 29.2 Å². The molecule has 2 nitrogen and oxygen atoms in total. The largest absolute Gasteiger partial charge is 0.316 e. The highest BCUT2D eigenvalue weighted by Gasteiger charge is 2.39. The third-order valence-corrected chi connectivity index (χ3v) is 5.91. The molecule has 0 bridgehead atoms. The van der Waals surface area contributed by atoms with E-state index in [1.807, 2.05) is 11.8 Å². The van der Waals surface area contributed by atoms with Crippen LogP contribution in [0.3, 0.4) is 0 Å². The van der Waals surface area contributed by atoms with Gasteiger partial charge in [-0.15, -0.1) is 11.8 Å². The first-order valence-electron chi connectivity index (χ1n) is 7.08. The van der Waals surface area contributed by atoms with Crippen LogP contribution in [0.4, 0.5) is 0 Å². The Labute approximate surface area is 113 Å². The van der Waals surface area contributed by atoms with E-state index < -0.39 is 0 Å². The third-order valence-electron chi connectivity index (χ3n) is 4.79. The predicted molar refractivity (Wildman–Crippen MR) is 75.9 cm³/mol. The highest BCUT2D eigenvalue weighted by molar-refractivity contribution is 7.99. The number of hydrogen-bond donors (Lipinski definition) is 1. The average Bonchev–Trinajstić information content (AvgIpc) is 2.99. The quantitative estimate of drug-likeness (QED) is 0.834. The van der Waals surface area contributed by atoms with Gasteiger partial charge in [-0.1, -0.05) is 18.2 Å². The van der Waals surface area contributed by atoms with Crippen molar-refractivity contribution in [3.05, 3.63) is 29.8 Å². The van der Waals surface area contributed by atoms with Crippen molar-refractivity contribution in [1.29, 1.82) is 0 Å². The molecule has 1 N–H and O–H groups in total. The van der Waals surface area contributed by atoms with Crippen molar-refractivity contribution in [1.82, 2.24) is 10.2 Å². The number of nitrogens with zero attached hydrogens (tertiary/aromatic N) is 1. The summed E-state index contributed by atoms with van der Waals surface area (Å²) in [6.07, 6.45) is 1.33. The lowest BCUT2D eigenvalue weighted by atomic mass is 10.0. The average molecular weight is 260 g/mol. The molecule has 1 unspecified atom stereocenters. The maximum Gasteiger partial charge on any atom is 0.0367 e. The molecule has 3 heterocycles. The molecule has 4 rings (SSSR count). The minimum absolute atomic E-state index is 0.688. The van der Waals surface area contributed by atoms with Crippen LogP contribution in [-0.2, 0) is 0 Å². The summed E-state index contributed by atoms with van der Waals surface area (Å²) in [6, 6.07) is 9.71. The van der Waals surface area contributed by atoms with E-state index in [1.54, 1.807) is 5.56 Å². The third kappa shape index (κ3) is 1.80. The van der Waals surface area contributed by atoms with Crippen LogP contribution >= 0.6 is 11.8 Å². The van der Waals surface area contributed by atoms with Crippen LogP contribution in [0.25, 0.3) is 0 Å². The molecular formula is C15H20N2S. The molecule has 3 heteroatoms. The molecule has 0 aliphatic carbocycles. The van der Waals surface area contributed by atoms with E-state index in [0.717, 1.165) is 11.8 Å². The van der Waals surface area contributed by atoms with E-state index in [4.69, 9.17) is 0 Å². The molecule has 3 atom stereocenters. The predicted octanol–water partition coefficient (Wildman–Crippen LogP) is 2.37. The number of likely N-dealkylation sites (tertiary alicyclic amines) is 1. The lowest BCUT2D eigenvalue weighted by Gasteiger charge is -2.33. The first-order valence-corrected chi connectivity index (χ1v) is 8.07. The van der Waals surface area contributed by atoms with Gasteiger partial charge in [0.25, 0.3) is 0 Å². The van der Waals surface area contributed by atoms with Crippen LogP contribution in [-0.4, -0.2) is 36.8 Å². The Bertz CT molecular complexity index is 436. The minimum Gasteiger partial charge on any atom is -0.316 e. The van der Waals surface area contributed by atoms with Crippen molar-refractivity contribution >= 4 is 11.8 Å². The second kappa shape index (κ2) is 4.55. The Balaban J connectivity index is 1.59. The Morgan fingerprint density at radius 3 is 2.72 bits per heavy atom. The Morgan fingerprint density at radius 1 is 1.11 bits per heavy atom. The maximum atomic E-state index is 3.54. The molecule has 0 spiro atoms. The van der Waals surface area contributed by atoms with Crippen LogP contribution in [0.2, 0.25) is 0 Å². The van der Waals surface area contributed by atoms with Gasteiger partial charge in [-0.05, 0) is 48.7 Å². The molecular weight excluding hydrogens is 240 g/mol. The van der Waals surface area contributed by atoms with Crippen LogP contribution in [0.1, 0.15) is 18.0 Å². The van der Waals surface area contributed by atoms with Crippen molar-refractivity contribution in [2.24, 2.45) is 11.8 Å². The van der Waals surface area contributed by atoms with Gasteiger partial charge < -0.3 is 5.32 Å². The number of rotatable bonds is 1. The SMILES string of the molecule is c1ccc2c(c1)SCCC2N1C[C@H]2CNC[C@H]2C1. The monoisotopic (exact) mass is 260 g/mol. The molecule has 2 saturated heterocycles. The van der Waals surface area contributed by atoms with E-state index in [-0.39, 0.29) is 0 Å². The lowest BCUT2D eigenvalue weighted by molar-refractivity contribution is 0.219. The van der Waals surface area contributed by atoms with Crippen LogP contribution < -0.4 is 5.32 Å². The van der Waals surface area contributed by atoms with Gasteiger partial charge in [-0.2, -0.15) is 0 Å². The number of hydrogen-bond acceptors (Lipinski definition) is 3. The van der Waals surface area contributed by atoms with Crippen molar-refractivity contribution in [2.75, 3.05) is 31.9 Å². The summed E-state index contributed by atoms with van der Waals surface area (Å²) < 4.78 is 0. The van der Waals surface area contributed by atoms with Gasteiger partial charge in [-0.3, -0.25) is 4.90 Å². The summed E-state index contributed by atoms with van der Waals surface area (Å²) >= 11 is 2.03. The second-order valence-electron chi connectivity index (χ2n) is 5.82. The Hall–Kier alpha value is -0.510. The van der Waals surface area contributed by atoms with E-state index in [9.17, 15) is 0 Å². The van der Waals surface area contributed by atoms with Crippen molar-refractivity contribution in [3.8, 4) is 0 Å². The van der Waals surface area contributed by atoms with Gasteiger partial charge in [0.15, 0.2) is 0 Å². The zero-order chi connectivity index (χ0) is 11.9. The fourth-order valence-corrected chi connectivity index (χ4v) is 4.96. The Morgan fingerprint density at radius 2 is 1.89 bits per heavy atom. The highest BCUT2D eigenvalue weighted by atomic mass is 32.2. The van der Waals surface area contributed by atoms with E-state index in [2.05, 4.69) is 34.5 Å². The molecule has 0 amide bonds. The standard InChI is InChI=1S/C15H20N2S/c1-2-4-15-13(3-1)14(5-6-18-15)17-9-11-7-16-8-12(11)10-17/h1-4,11-12,14,16H,5-10H2/t11-,12+,14?. The van der Waals surface area contributed by atoms with Crippen LogP contribution in [0.5, 0.6) is 0 Å². The molecule has 96 valence electrons.